The number of carbonyl (C=O) groups excluding carboxylic acids is 1. The molecule has 0 amide bonds. The zero-order valence-corrected chi connectivity index (χ0v) is 17.5. The molecule has 4 heteroatoms. The molecule has 0 N–H and O–H groups in total. The Morgan fingerprint density at radius 2 is 1.97 bits per heavy atom. The summed E-state index contributed by atoms with van der Waals surface area (Å²) in [4.78, 5) is 13.0. The van der Waals surface area contributed by atoms with E-state index in [2.05, 4.69) is 38.6 Å². The Morgan fingerprint density at radius 1 is 1.17 bits per heavy atom. The van der Waals surface area contributed by atoms with E-state index in [1.807, 2.05) is 43.4 Å². The Hall–Kier alpha value is -3.27. The smallest absolute Gasteiger partial charge is 0.137 e. The van der Waals surface area contributed by atoms with Gasteiger partial charge in [0.15, 0.2) is 0 Å². The summed E-state index contributed by atoms with van der Waals surface area (Å²) in [6.45, 7) is 8.60. The summed E-state index contributed by atoms with van der Waals surface area (Å²) in [5.41, 5.74) is 6.99. The molecule has 0 radical (unpaired) electrons. The Balaban J connectivity index is 2.06. The van der Waals surface area contributed by atoms with Gasteiger partial charge < -0.3 is 18.8 Å². The van der Waals surface area contributed by atoms with E-state index in [1.165, 1.54) is 11.1 Å². The lowest BCUT2D eigenvalue weighted by atomic mass is 10.0. The van der Waals surface area contributed by atoms with Gasteiger partial charge in [0.05, 0.1) is 6.26 Å². The van der Waals surface area contributed by atoms with E-state index < -0.39 is 0 Å². The van der Waals surface area contributed by atoms with E-state index in [-0.39, 0.29) is 0 Å². The van der Waals surface area contributed by atoms with Gasteiger partial charge in [0.1, 0.15) is 24.2 Å². The maximum absolute atomic E-state index is 11.0. The highest BCUT2D eigenvalue weighted by Gasteiger charge is 2.15. The zero-order chi connectivity index (χ0) is 21.0. The highest BCUT2D eigenvalue weighted by molar-refractivity contribution is 5.91. The highest BCUT2D eigenvalue weighted by atomic mass is 16.5. The van der Waals surface area contributed by atoms with Gasteiger partial charge in [-0.05, 0) is 31.0 Å². The molecule has 0 fully saturated rings. The molecule has 0 bridgehead atoms. The van der Waals surface area contributed by atoms with Crippen LogP contribution in [-0.2, 0) is 17.8 Å². The lowest BCUT2D eigenvalue weighted by Gasteiger charge is -2.16. The van der Waals surface area contributed by atoms with Crippen molar-refractivity contribution in [1.29, 1.82) is 0 Å². The fraction of sp³-hybridized carbons (Fsp3) is 0.240. The monoisotopic (exact) mass is 389 g/mol. The van der Waals surface area contributed by atoms with Gasteiger partial charge in [0.2, 0.25) is 0 Å². The molecule has 3 aromatic rings. The van der Waals surface area contributed by atoms with Crippen molar-refractivity contribution in [2.45, 2.75) is 26.9 Å². The van der Waals surface area contributed by atoms with Gasteiger partial charge in [-0.2, -0.15) is 0 Å². The van der Waals surface area contributed by atoms with Crippen LogP contribution in [0.25, 0.3) is 16.5 Å². The summed E-state index contributed by atoms with van der Waals surface area (Å²) in [5, 5.41) is 0.914. The number of ether oxygens (including phenoxy) is 1. The molecule has 29 heavy (non-hydrogen) atoms. The molecule has 0 aliphatic heterocycles. The Kier molecular flexibility index (Phi) is 6.23. The van der Waals surface area contributed by atoms with Crippen molar-refractivity contribution in [3.05, 3.63) is 83.3 Å². The van der Waals surface area contributed by atoms with E-state index in [1.54, 1.807) is 6.26 Å². The number of nitrogens with zero attached hydrogens (tertiary/aromatic N) is 1. The van der Waals surface area contributed by atoms with Crippen LogP contribution >= 0.6 is 0 Å². The van der Waals surface area contributed by atoms with E-state index >= 15 is 0 Å². The second-order valence-electron chi connectivity index (χ2n) is 7.45. The Bertz CT molecular complexity index is 1070. The zero-order valence-electron chi connectivity index (χ0n) is 17.5. The minimum atomic E-state index is 0.315. The normalized spacial score (nSPS) is 11.5. The van der Waals surface area contributed by atoms with Crippen molar-refractivity contribution in [2.75, 3.05) is 14.1 Å². The lowest BCUT2D eigenvalue weighted by molar-refractivity contribution is -0.107. The maximum atomic E-state index is 11.0. The standard InChI is InChI=1S/C25H27NO3/c1-6-19(14-26(4)5)22-12-23-21(9-10-27)16-29-25(23)13-24(22)28-15-20-8-7-17(2)11-18(20)3/h6-8,10-14,16H,1,9,15H2,2-5H3/b19-14+. The van der Waals surface area contributed by atoms with Crippen LogP contribution in [0.2, 0.25) is 0 Å². The minimum Gasteiger partial charge on any atom is -0.488 e. The topological polar surface area (TPSA) is 42.7 Å². The van der Waals surface area contributed by atoms with Crippen molar-refractivity contribution in [3.8, 4) is 5.75 Å². The molecule has 0 atom stereocenters. The second kappa shape index (κ2) is 8.82. The van der Waals surface area contributed by atoms with Gasteiger partial charge >= 0.3 is 0 Å². The average molecular weight is 389 g/mol. The van der Waals surface area contributed by atoms with Crippen LogP contribution in [0.15, 0.2) is 59.9 Å². The first-order valence-electron chi connectivity index (χ1n) is 9.60. The van der Waals surface area contributed by atoms with Crippen LogP contribution in [0.3, 0.4) is 0 Å². The van der Waals surface area contributed by atoms with Crippen LogP contribution < -0.4 is 4.74 Å². The quantitative estimate of drug-likeness (QED) is 0.379. The van der Waals surface area contributed by atoms with Crippen LogP contribution in [0, 0.1) is 13.8 Å². The molecular weight excluding hydrogens is 362 g/mol. The third kappa shape index (κ3) is 4.60. The van der Waals surface area contributed by atoms with Crippen molar-refractivity contribution in [2.24, 2.45) is 0 Å². The molecule has 1 aromatic heterocycles. The molecule has 3 rings (SSSR count). The first-order valence-corrected chi connectivity index (χ1v) is 9.60. The number of fused-ring (bicyclic) bond motifs is 1. The van der Waals surface area contributed by atoms with Crippen molar-refractivity contribution < 1.29 is 13.9 Å². The maximum Gasteiger partial charge on any atom is 0.137 e. The number of benzene rings is 2. The number of furan rings is 1. The summed E-state index contributed by atoms with van der Waals surface area (Å²) < 4.78 is 11.9. The number of carbonyl (C=O) groups is 1. The number of rotatable bonds is 8. The van der Waals surface area contributed by atoms with Crippen LogP contribution in [0.4, 0.5) is 0 Å². The van der Waals surface area contributed by atoms with Crippen molar-refractivity contribution >= 4 is 22.8 Å². The van der Waals surface area contributed by atoms with Gasteiger partial charge in [-0.3, -0.25) is 0 Å². The second-order valence-corrected chi connectivity index (χ2v) is 7.45. The van der Waals surface area contributed by atoms with E-state index in [0.29, 0.717) is 18.6 Å². The average Bonchev–Trinajstić information content (AvgIpc) is 3.07. The van der Waals surface area contributed by atoms with Crippen molar-refractivity contribution in [3.63, 3.8) is 0 Å². The largest absolute Gasteiger partial charge is 0.488 e. The molecule has 0 unspecified atom stereocenters. The summed E-state index contributed by atoms with van der Waals surface area (Å²) >= 11 is 0. The SMILES string of the molecule is C=C/C(=C\N(C)C)c1cc2c(CC=O)coc2cc1OCc1ccc(C)cc1C. The number of aldehydes is 1. The van der Waals surface area contributed by atoms with Gasteiger partial charge in [0.25, 0.3) is 0 Å². The predicted octanol–water partition coefficient (Wildman–Crippen LogP) is 5.46. The summed E-state index contributed by atoms with van der Waals surface area (Å²) in [5.74, 6) is 0.720. The van der Waals surface area contributed by atoms with Gasteiger partial charge in [0, 0.05) is 54.9 Å². The minimum absolute atomic E-state index is 0.315. The molecule has 1 heterocycles. The van der Waals surface area contributed by atoms with Crippen molar-refractivity contribution in [1.82, 2.24) is 4.90 Å². The molecule has 0 spiro atoms. The highest BCUT2D eigenvalue weighted by Crippen LogP contribution is 2.35. The summed E-state index contributed by atoms with van der Waals surface area (Å²) in [6.07, 6.45) is 6.65. The van der Waals surface area contributed by atoms with Gasteiger partial charge in [-0.1, -0.05) is 36.4 Å². The fourth-order valence-electron chi connectivity index (χ4n) is 3.37. The number of allylic oxidation sites excluding steroid dienone is 2. The number of hydrogen-bond acceptors (Lipinski definition) is 4. The summed E-state index contributed by atoms with van der Waals surface area (Å²) in [6, 6.07) is 10.3. The molecular formula is C25H27NO3. The van der Waals surface area contributed by atoms with Crippen LogP contribution in [0.5, 0.6) is 5.75 Å². The third-order valence-corrected chi connectivity index (χ3v) is 4.87. The Labute approximate surface area is 172 Å². The number of hydrogen-bond donors (Lipinski definition) is 0. The predicted molar refractivity (Wildman–Crippen MR) is 118 cm³/mol. The molecule has 2 aromatic carbocycles. The molecule has 150 valence electrons. The van der Waals surface area contributed by atoms with Crippen LogP contribution in [0.1, 0.15) is 27.8 Å². The number of aryl methyl sites for hydroxylation is 2. The molecule has 0 saturated carbocycles. The lowest BCUT2D eigenvalue weighted by Crippen LogP contribution is -2.04. The third-order valence-electron chi connectivity index (χ3n) is 4.87. The van der Waals surface area contributed by atoms with E-state index in [9.17, 15) is 4.79 Å². The van der Waals surface area contributed by atoms with E-state index in [4.69, 9.17) is 9.15 Å². The van der Waals surface area contributed by atoms with Gasteiger partial charge in [-0.15, -0.1) is 0 Å². The first-order chi connectivity index (χ1) is 13.9. The molecule has 4 nitrogen and oxygen atoms in total. The van der Waals surface area contributed by atoms with Gasteiger partial charge in [-0.25, -0.2) is 0 Å². The summed E-state index contributed by atoms with van der Waals surface area (Å²) in [7, 11) is 3.93. The molecule has 0 saturated heterocycles. The first kappa shape index (κ1) is 20.5. The van der Waals surface area contributed by atoms with Crippen LogP contribution in [-0.4, -0.2) is 25.3 Å². The molecule has 0 aliphatic carbocycles. The molecule has 0 aliphatic rings. The Morgan fingerprint density at radius 3 is 2.62 bits per heavy atom. The van der Waals surface area contributed by atoms with E-state index in [0.717, 1.165) is 39.7 Å². The fourth-order valence-corrected chi connectivity index (χ4v) is 3.37.